The zero-order chi connectivity index (χ0) is 11.1. The van der Waals surface area contributed by atoms with Gasteiger partial charge < -0.3 is 10.4 Å². The monoisotopic (exact) mass is 207 g/mol. The van der Waals surface area contributed by atoms with Crippen molar-refractivity contribution in [3.05, 3.63) is 29.8 Å². The molecular weight excluding hydrogens is 186 g/mol. The molecule has 0 amide bonds. The van der Waals surface area contributed by atoms with E-state index in [-0.39, 0.29) is 6.10 Å². The van der Waals surface area contributed by atoms with E-state index in [1.807, 2.05) is 6.92 Å². The fourth-order valence-electron chi connectivity index (χ4n) is 1.45. The van der Waals surface area contributed by atoms with E-state index >= 15 is 0 Å². The Kier molecular flexibility index (Phi) is 5.19. The average Bonchev–Trinajstić information content (AvgIpc) is 2.29. The first-order valence-electron chi connectivity index (χ1n) is 5.77. The van der Waals surface area contributed by atoms with Gasteiger partial charge in [-0.25, -0.2) is 0 Å². The Balaban J connectivity index is 2.31. The number of aliphatic hydroxyl groups excluding tert-OH is 1. The van der Waals surface area contributed by atoms with Gasteiger partial charge in [0.2, 0.25) is 0 Å². The molecule has 0 aromatic heterocycles. The van der Waals surface area contributed by atoms with E-state index in [9.17, 15) is 5.11 Å². The Morgan fingerprint density at radius 1 is 1.20 bits per heavy atom. The summed E-state index contributed by atoms with van der Waals surface area (Å²) in [5.74, 6) is 0. The van der Waals surface area contributed by atoms with Gasteiger partial charge in [0.1, 0.15) is 0 Å². The summed E-state index contributed by atoms with van der Waals surface area (Å²) in [7, 11) is 0. The SMILES string of the molecule is CCc1ccc(NCCC(O)CC)cc1. The molecule has 1 rings (SSSR count). The lowest BCUT2D eigenvalue weighted by molar-refractivity contribution is 0.164. The summed E-state index contributed by atoms with van der Waals surface area (Å²) in [6.07, 6.45) is 2.55. The van der Waals surface area contributed by atoms with Crippen molar-refractivity contribution in [3.8, 4) is 0 Å². The number of hydrogen-bond acceptors (Lipinski definition) is 2. The second-order valence-electron chi connectivity index (χ2n) is 3.83. The molecule has 84 valence electrons. The zero-order valence-electron chi connectivity index (χ0n) is 9.66. The van der Waals surface area contributed by atoms with Gasteiger partial charge in [0.15, 0.2) is 0 Å². The molecule has 0 fully saturated rings. The molecule has 0 bridgehead atoms. The third-order valence-electron chi connectivity index (χ3n) is 2.64. The largest absolute Gasteiger partial charge is 0.393 e. The molecule has 2 heteroatoms. The molecule has 1 aromatic carbocycles. The van der Waals surface area contributed by atoms with E-state index in [1.54, 1.807) is 0 Å². The first kappa shape index (κ1) is 12.1. The van der Waals surface area contributed by atoms with Gasteiger partial charge in [0, 0.05) is 12.2 Å². The average molecular weight is 207 g/mol. The summed E-state index contributed by atoms with van der Waals surface area (Å²) >= 11 is 0. The number of hydrogen-bond donors (Lipinski definition) is 2. The fraction of sp³-hybridized carbons (Fsp3) is 0.538. The standard InChI is InChI=1S/C13H21NO/c1-3-11-5-7-12(8-6-11)14-10-9-13(15)4-2/h5-8,13-15H,3-4,9-10H2,1-2H3. The van der Waals surface area contributed by atoms with Crippen LogP contribution in [0.4, 0.5) is 5.69 Å². The maximum atomic E-state index is 9.38. The fourth-order valence-corrected chi connectivity index (χ4v) is 1.45. The van der Waals surface area contributed by atoms with Gasteiger partial charge in [-0.3, -0.25) is 0 Å². The van der Waals surface area contributed by atoms with Gasteiger partial charge in [-0.15, -0.1) is 0 Å². The van der Waals surface area contributed by atoms with Crippen LogP contribution in [-0.4, -0.2) is 17.8 Å². The molecule has 0 saturated heterocycles. The van der Waals surface area contributed by atoms with Crippen molar-refractivity contribution in [2.75, 3.05) is 11.9 Å². The highest BCUT2D eigenvalue weighted by atomic mass is 16.3. The van der Waals surface area contributed by atoms with E-state index < -0.39 is 0 Å². The highest BCUT2D eigenvalue weighted by Gasteiger charge is 1.99. The molecular formula is C13H21NO. The summed E-state index contributed by atoms with van der Waals surface area (Å²) < 4.78 is 0. The number of anilines is 1. The Morgan fingerprint density at radius 2 is 1.87 bits per heavy atom. The molecule has 0 spiro atoms. The Hall–Kier alpha value is -1.02. The van der Waals surface area contributed by atoms with Gasteiger partial charge in [-0.1, -0.05) is 26.0 Å². The first-order chi connectivity index (χ1) is 7.26. The summed E-state index contributed by atoms with van der Waals surface area (Å²) in [5.41, 5.74) is 2.49. The van der Waals surface area contributed by atoms with Gasteiger partial charge in [0.05, 0.1) is 6.10 Å². The summed E-state index contributed by atoms with van der Waals surface area (Å²) in [6, 6.07) is 8.46. The van der Waals surface area contributed by atoms with Crippen LogP contribution in [0.1, 0.15) is 32.3 Å². The van der Waals surface area contributed by atoms with E-state index in [0.29, 0.717) is 0 Å². The maximum absolute atomic E-state index is 9.38. The smallest absolute Gasteiger partial charge is 0.0554 e. The van der Waals surface area contributed by atoms with Crippen LogP contribution in [0, 0.1) is 0 Å². The summed E-state index contributed by atoms with van der Waals surface area (Å²) in [6.45, 7) is 4.99. The number of benzene rings is 1. The quantitative estimate of drug-likeness (QED) is 0.751. The van der Waals surface area contributed by atoms with Crippen LogP contribution in [0.25, 0.3) is 0 Å². The summed E-state index contributed by atoms with van der Waals surface area (Å²) in [4.78, 5) is 0. The third-order valence-corrected chi connectivity index (χ3v) is 2.64. The van der Waals surface area contributed by atoms with Crippen molar-refractivity contribution in [2.24, 2.45) is 0 Å². The lowest BCUT2D eigenvalue weighted by atomic mass is 10.1. The molecule has 1 aromatic rings. The molecule has 2 nitrogen and oxygen atoms in total. The topological polar surface area (TPSA) is 32.3 Å². The van der Waals surface area contributed by atoms with Crippen molar-refractivity contribution in [1.82, 2.24) is 0 Å². The van der Waals surface area contributed by atoms with E-state index in [2.05, 4.69) is 36.5 Å². The second kappa shape index (κ2) is 6.46. The van der Waals surface area contributed by atoms with Crippen LogP contribution in [0.3, 0.4) is 0 Å². The minimum absolute atomic E-state index is 0.174. The van der Waals surface area contributed by atoms with Gasteiger partial charge in [-0.05, 0) is 37.0 Å². The third kappa shape index (κ3) is 4.34. The van der Waals surface area contributed by atoms with Crippen LogP contribution in [0.15, 0.2) is 24.3 Å². The maximum Gasteiger partial charge on any atom is 0.0554 e. The molecule has 1 unspecified atom stereocenters. The molecule has 1 atom stereocenters. The zero-order valence-corrected chi connectivity index (χ0v) is 9.66. The molecule has 0 saturated carbocycles. The highest BCUT2D eigenvalue weighted by Crippen LogP contribution is 2.10. The number of aryl methyl sites for hydroxylation is 1. The van der Waals surface area contributed by atoms with Gasteiger partial charge in [0.25, 0.3) is 0 Å². The Bertz CT molecular complexity index is 268. The lowest BCUT2D eigenvalue weighted by Gasteiger charge is -2.10. The number of aliphatic hydroxyl groups is 1. The molecule has 0 aliphatic heterocycles. The van der Waals surface area contributed by atoms with Crippen molar-refractivity contribution < 1.29 is 5.11 Å². The van der Waals surface area contributed by atoms with Crippen molar-refractivity contribution in [2.45, 2.75) is 39.2 Å². The number of nitrogens with one attached hydrogen (secondary N) is 1. The lowest BCUT2D eigenvalue weighted by Crippen LogP contribution is -2.12. The normalized spacial score (nSPS) is 12.5. The Labute approximate surface area is 92.3 Å². The van der Waals surface area contributed by atoms with Crippen molar-refractivity contribution in [3.63, 3.8) is 0 Å². The Morgan fingerprint density at radius 3 is 2.40 bits per heavy atom. The number of rotatable bonds is 6. The van der Waals surface area contributed by atoms with Crippen LogP contribution in [0.2, 0.25) is 0 Å². The molecule has 0 aliphatic carbocycles. The van der Waals surface area contributed by atoms with E-state index in [1.165, 1.54) is 5.56 Å². The minimum atomic E-state index is -0.174. The minimum Gasteiger partial charge on any atom is -0.393 e. The molecule has 0 aliphatic rings. The molecule has 15 heavy (non-hydrogen) atoms. The predicted octanol–water partition coefficient (Wildman–Crippen LogP) is 2.82. The van der Waals surface area contributed by atoms with E-state index in [0.717, 1.165) is 31.5 Å². The first-order valence-corrected chi connectivity index (χ1v) is 5.77. The van der Waals surface area contributed by atoms with Crippen LogP contribution in [0.5, 0.6) is 0 Å². The summed E-state index contributed by atoms with van der Waals surface area (Å²) in [5, 5.41) is 12.7. The van der Waals surface area contributed by atoms with Gasteiger partial charge >= 0.3 is 0 Å². The van der Waals surface area contributed by atoms with Crippen molar-refractivity contribution in [1.29, 1.82) is 0 Å². The molecule has 0 radical (unpaired) electrons. The van der Waals surface area contributed by atoms with Crippen molar-refractivity contribution >= 4 is 5.69 Å². The van der Waals surface area contributed by atoms with Crippen LogP contribution >= 0.6 is 0 Å². The molecule has 0 heterocycles. The predicted molar refractivity (Wildman–Crippen MR) is 65.2 cm³/mol. The van der Waals surface area contributed by atoms with Crippen LogP contribution in [-0.2, 0) is 6.42 Å². The van der Waals surface area contributed by atoms with Crippen LogP contribution < -0.4 is 5.32 Å². The molecule has 2 N–H and O–H groups in total. The highest BCUT2D eigenvalue weighted by molar-refractivity contribution is 5.44. The van der Waals surface area contributed by atoms with E-state index in [4.69, 9.17) is 0 Å². The second-order valence-corrected chi connectivity index (χ2v) is 3.83. The van der Waals surface area contributed by atoms with Gasteiger partial charge in [-0.2, -0.15) is 0 Å².